The molecule has 0 radical (unpaired) electrons. The summed E-state index contributed by atoms with van der Waals surface area (Å²) in [7, 11) is 1.71. The second kappa shape index (κ2) is 8.96. The first kappa shape index (κ1) is 22.6. The molecule has 10 heteroatoms. The van der Waals surface area contributed by atoms with Crippen LogP contribution in [0.3, 0.4) is 0 Å². The summed E-state index contributed by atoms with van der Waals surface area (Å²) in [5.41, 5.74) is 1.54. The van der Waals surface area contributed by atoms with E-state index in [0.717, 1.165) is 55.3 Å². The third-order valence-corrected chi connectivity index (χ3v) is 8.45. The Morgan fingerprint density at radius 3 is 2.91 bits per heavy atom. The number of hydrogen-bond acceptors (Lipinski definition) is 7. The predicted molar refractivity (Wildman–Crippen MR) is 137 cm³/mol. The van der Waals surface area contributed by atoms with Gasteiger partial charge in [0.05, 0.1) is 23.9 Å². The molecule has 182 valence electrons. The van der Waals surface area contributed by atoms with E-state index in [1.54, 1.807) is 13.2 Å². The fourth-order valence-electron chi connectivity index (χ4n) is 5.45. The molecule has 4 aromatic rings. The average Bonchev–Trinajstić information content (AvgIpc) is 3.44. The normalized spacial score (nSPS) is 19.6. The maximum absolute atomic E-state index is 13.1. The van der Waals surface area contributed by atoms with Gasteiger partial charge < -0.3 is 19.4 Å². The molecule has 2 aliphatic heterocycles. The fourth-order valence-corrected chi connectivity index (χ4v) is 6.64. The summed E-state index contributed by atoms with van der Waals surface area (Å²) in [5, 5.41) is 0.331. The van der Waals surface area contributed by atoms with Crippen LogP contribution in [0.2, 0.25) is 5.15 Å². The molecule has 2 atom stereocenters. The van der Waals surface area contributed by atoms with Crippen molar-refractivity contribution in [2.24, 2.45) is 5.92 Å². The second-order valence-corrected chi connectivity index (χ2v) is 10.6. The van der Waals surface area contributed by atoms with E-state index in [4.69, 9.17) is 21.1 Å². The highest BCUT2D eigenvalue weighted by atomic mass is 35.5. The lowest BCUT2D eigenvalue weighted by molar-refractivity contribution is 0.209. The lowest BCUT2D eigenvalue weighted by Gasteiger charge is -2.29. The van der Waals surface area contributed by atoms with Crippen LogP contribution >= 0.6 is 22.9 Å². The smallest absolute Gasteiger partial charge is 0.328 e. The van der Waals surface area contributed by atoms with Gasteiger partial charge in [-0.15, -0.1) is 11.3 Å². The molecule has 1 fully saturated rings. The van der Waals surface area contributed by atoms with E-state index in [2.05, 4.69) is 14.9 Å². The maximum Gasteiger partial charge on any atom is 0.328 e. The van der Waals surface area contributed by atoms with Crippen LogP contribution in [0.5, 0.6) is 11.5 Å². The Balaban J connectivity index is 1.13. The van der Waals surface area contributed by atoms with Crippen molar-refractivity contribution in [2.45, 2.75) is 25.3 Å². The predicted octanol–water partition coefficient (Wildman–Crippen LogP) is 3.85. The van der Waals surface area contributed by atoms with Crippen molar-refractivity contribution < 1.29 is 9.47 Å². The number of fused-ring (bicyclic) bond motifs is 6. The van der Waals surface area contributed by atoms with Crippen molar-refractivity contribution in [1.29, 1.82) is 0 Å². The highest BCUT2D eigenvalue weighted by Crippen LogP contribution is 2.46. The van der Waals surface area contributed by atoms with E-state index in [1.165, 1.54) is 21.5 Å². The van der Waals surface area contributed by atoms with Gasteiger partial charge >= 0.3 is 5.69 Å². The molecule has 1 saturated heterocycles. The van der Waals surface area contributed by atoms with E-state index in [-0.39, 0.29) is 5.56 Å². The SMILES string of the molecule is COc1cccc2c1[C@@H]1CN(CCCCn3c(=O)[nH]c4c(sc5ccc(Cl)nc54)c3=O)C[C@H]1CO2. The molecular weight excluding hydrogens is 488 g/mol. The molecule has 5 heterocycles. The molecule has 2 aliphatic rings. The second-order valence-electron chi connectivity index (χ2n) is 9.19. The van der Waals surface area contributed by atoms with Gasteiger partial charge in [0.1, 0.15) is 26.9 Å². The molecule has 0 spiro atoms. The van der Waals surface area contributed by atoms with Crippen molar-refractivity contribution in [2.75, 3.05) is 33.4 Å². The van der Waals surface area contributed by atoms with Gasteiger partial charge in [0.15, 0.2) is 0 Å². The Kier molecular flexibility index (Phi) is 5.78. The number of thiophene rings is 1. The minimum Gasteiger partial charge on any atom is -0.496 e. The summed E-state index contributed by atoms with van der Waals surface area (Å²) in [5.74, 6) is 2.67. The Bertz CT molecular complexity index is 1530. The largest absolute Gasteiger partial charge is 0.496 e. The molecule has 1 N–H and O–H groups in total. The zero-order chi connectivity index (χ0) is 24.1. The minimum absolute atomic E-state index is 0.268. The Morgan fingerprint density at radius 1 is 1.20 bits per heavy atom. The number of halogens is 1. The average molecular weight is 513 g/mol. The van der Waals surface area contributed by atoms with Crippen molar-refractivity contribution in [3.63, 3.8) is 0 Å². The number of rotatable bonds is 6. The van der Waals surface area contributed by atoms with Gasteiger partial charge in [0.25, 0.3) is 5.56 Å². The number of nitrogens with one attached hydrogen (secondary N) is 1. The highest BCUT2D eigenvalue weighted by Gasteiger charge is 2.40. The van der Waals surface area contributed by atoms with Gasteiger partial charge in [-0.2, -0.15) is 0 Å². The van der Waals surface area contributed by atoms with Crippen LogP contribution < -0.4 is 20.7 Å². The number of hydrogen-bond donors (Lipinski definition) is 1. The molecule has 1 aromatic carbocycles. The van der Waals surface area contributed by atoms with Crippen LogP contribution in [-0.4, -0.2) is 52.8 Å². The number of aromatic amines is 1. The first-order valence-electron chi connectivity index (χ1n) is 11.8. The van der Waals surface area contributed by atoms with Crippen LogP contribution in [0, 0.1) is 5.92 Å². The van der Waals surface area contributed by atoms with Gasteiger partial charge in [-0.1, -0.05) is 17.7 Å². The Labute approximate surface area is 210 Å². The van der Waals surface area contributed by atoms with Crippen molar-refractivity contribution in [3.8, 4) is 11.5 Å². The van der Waals surface area contributed by atoms with E-state index in [9.17, 15) is 9.59 Å². The van der Waals surface area contributed by atoms with Crippen LogP contribution in [-0.2, 0) is 6.54 Å². The highest BCUT2D eigenvalue weighted by molar-refractivity contribution is 7.25. The molecule has 8 nitrogen and oxygen atoms in total. The standard InChI is InChI=1S/C25H25ClN4O4S/c1-33-16-5-4-6-17-20(16)15-12-29(11-14(15)13-34-17)9-2-3-10-30-24(31)23-22(28-25(30)32)21-18(35-23)7-8-19(26)27-21/h4-8,14-15H,2-3,9-13H2,1H3,(H,28,32)/t14-,15+/m0/s1. The molecule has 3 aromatic heterocycles. The minimum atomic E-state index is -0.406. The molecule has 6 rings (SSSR count). The zero-order valence-electron chi connectivity index (χ0n) is 19.3. The van der Waals surface area contributed by atoms with E-state index in [1.807, 2.05) is 24.3 Å². The van der Waals surface area contributed by atoms with Crippen molar-refractivity contribution in [1.82, 2.24) is 19.4 Å². The van der Waals surface area contributed by atoms with E-state index < -0.39 is 5.69 Å². The van der Waals surface area contributed by atoms with Gasteiger partial charge in [0, 0.05) is 37.0 Å². The molecule has 0 saturated carbocycles. The maximum atomic E-state index is 13.1. The number of likely N-dealkylation sites (tertiary alicyclic amines) is 1. The molecule has 0 amide bonds. The van der Waals surface area contributed by atoms with Crippen LogP contribution in [0.4, 0.5) is 0 Å². The van der Waals surface area contributed by atoms with Crippen LogP contribution in [0.25, 0.3) is 20.4 Å². The van der Waals surface area contributed by atoms with Crippen molar-refractivity contribution >= 4 is 43.4 Å². The number of aromatic nitrogens is 3. The van der Waals surface area contributed by atoms with Gasteiger partial charge in [-0.25, -0.2) is 9.78 Å². The summed E-state index contributed by atoms with van der Waals surface area (Å²) in [6.07, 6.45) is 1.64. The molecular formula is C25H25ClN4O4S. The Morgan fingerprint density at radius 2 is 2.06 bits per heavy atom. The monoisotopic (exact) mass is 512 g/mol. The fraction of sp³-hybridized carbons (Fsp3) is 0.400. The number of nitrogens with zero attached hydrogens (tertiary/aromatic N) is 3. The first-order chi connectivity index (χ1) is 17.0. The number of methoxy groups -OCH3 is 1. The topological polar surface area (TPSA) is 89.5 Å². The molecule has 35 heavy (non-hydrogen) atoms. The summed E-state index contributed by atoms with van der Waals surface area (Å²) in [4.78, 5) is 35.3. The molecule has 0 bridgehead atoms. The molecule has 0 aliphatic carbocycles. The number of unbranched alkanes of at least 4 members (excludes halogenated alkanes) is 1. The van der Waals surface area contributed by atoms with Gasteiger partial charge in [-0.3, -0.25) is 9.36 Å². The number of ether oxygens (including phenoxy) is 2. The van der Waals surface area contributed by atoms with Gasteiger partial charge in [0.2, 0.25) is 0 Å². The van der Waals surface area contributed by atoms with Crippen molar-refractivity contribution in [3.05, 3.63) is 61.9 Å². The summed E-state index contributed by atoms with van der Waals surface area (Å²) in [6.45, 7) is 3.96. The Hall–Kier alpha value is -2.88. The number of pyridine rings is 1. The van der Waals surface area contributed by atoms with E-state index >= 15 is 0 Å². The van der Waals surface area contributed by atoms with Crippen LogP contribution in [0.1, 0.15) is 24.3 Å². The number of benzene rings is 1. The summed E-state index contributed by atoms with van der Waals surface area (Å²) in [6, 6.07) is 9.50. The third kappa shape index (κ3) is 3.91. The zero-order valence-corrected chi connectivity index (χ0v) is 20.8. The first-order valence-corrected chi connectivity index (χ1v) is 13.0. The number of H-pyrrole nitrogens is 1. The summed E-state index contributed by atoms with van der Waals surface area (Å²) >= 11 is 7.34. The quantitative estimate of drug-likeness (QED) is 0.312. The third-order valence-electron chi connectivity index (χ3n) is 7.11. The lowest BCUT2D eigenvalue weighted by atomic mass is 9.86. The lowest BCUT2D eigenvalue weighted by Crippen LogP contribution is -2.34. The van der Waals surface area contributed by atoms with E-state index in [0.29, 0.717) is 39.3 Å². The van der Waals surface area contributed by atoms with Crippen LogP contribution in [0.15, 0.2) is 39.9 Å². The molecule has 0 unspecified atom stereocenters. The summed E-state index contributed by atoms with van der Waals surface area (Å²) < 4.78 is 14.3. The van der Waals surface area contributed by atoms with Gasteiger partial charge in [-0.05, 0) is 43.7 Å².